The van der Waals surface area contributed by atoms with Gasteiger partial charge in [-0.15, -0.1) is 0 Å². The molecule has 6 nitrogen and oxygen atoms in total. The fourth-order valence-corrected chi connectivity index (χ4v) is 2.24. The van der Waals surface area contributed by atoms with Crippen LogP contribution in [0.3, 0.4) is 0 Å². The van der Waals surface area contributed by atoms with Gasteiger partial charge in [0.05, 0.1) is 6.54 Å². The standard InChI is InChI=1S/C13H13N5OS/c14-11-10-12(16-8-15-11)18(13(20)17-10)6-7-19-9-4-2-1-3-5-9/h1-5,8H,6-7H2,(H,17,20)(H2,14,15,16). The van der Waals surface area contributed by atoms with Crippen LogP contribution < -0.4 is 10.5 Å². The van der Waals surface area contributed by atoms with Crippen molar-refractivity contribution in [2.75, 3.05) is 12.3 Å². The van der Waals surface area contributed by atoms with Crippen molar-refractivity contribution in [2.24, 2.45) is 0 Å². The molecule has 0 unspecified atom stereocenters. The van der Waals surface area contributed by atoms with Crippen LogP contribution in [0.15, 0.2) is 36.7 Å². The lowest BCUT2D eigenvalue weighted by Crippen LogP contribution is -2.09. The van der Waals surface area contributed by atoms with Crippen molar-refractivity contribution in [1.82, 2.24) is 19.5 Å². The van der Waals surface area contributed by atoms with Crippen LogP contribution >= 0.6 is 12.2 Å². The number of hydrogen-bond donors (Lipinski definition) is 2. The average molecular weight is 287 g/mol. The van der Waals surface area contributed by atoms with Crippen LogP contribution in [0, 0.1) is 4.77 Å². The number of fused-ring (bicyclic) bond motifs is 1. The van der Waals surface area contributed by atoms with E-state index < -0.39 is 0 Å². The minimum Gasteiger partial charge on any atom is -0.492 e. The molecule has 1 aromatic carbocycles. The zero-order valence-corrected chi connectivity index (χ0v) is 11.4. The van der Waals surface area contributed by atoms with Crippen molar-refractivity contribution < 1.29 is 4.74 Å². The molecule has 0 amide bonds. The summed E-state index contributed by atoms with van der Waals surface area (Å²) in [4.78, 5) is 11.2. The maximum absolute atomic E-state index is 5.78. The molecule has 0 spiro atoms. The van der Waals surface area contributed by atoms with E-state index in [0.29, 0.717) is 34.9 Å². The van der Waals surface area contributed by atoms with Gasteiger partial charge in [-0.1, -0.05) is 18.2 Å². The zero-order valence-electron chi connectivity index (χ0n) is 10.6. The van der Waals surface area contributed by atoms with Crippen molar-refractivity contribution >= 4 is 29.2 Å². The Morgan fingerprint density at radius 2 is 2.05 bits per heavy atom. The molecule has 7 heteroatoms. The van der Waals surface area contributed by atoms with Crippen LogP contribution in [-0.4, -0.2) is 26.1 Å². The highest BCUT2D eigenvalue weighted by atomic mass is 32.1. The van der Waals surface area contributed by atoms with E-state index in [2.05, 4.69) is 15.0 Å². The first kappa shape index (κ1) is 12.6. The highest BCUT2D eigenvalue weighted by Gasteiger charge is 2.08. The molecular formula is C13H13N5OS. The van der Waals surface area contributed by atoms with Crippen molar-refractivity contribution in [3.05, 3.63) is 41.4 Å². The molecule has 0 bridgehead atoms. The van der Waals surface area contributed by atoms with E-state index in [9.17, 15) is 0 Å². The number of imidazole rings is 1. The second kappa shape index (κ2) is 5.30. The Balaban J connectivity index is 1.80. The first-order valence-corrected chi connectivity index (χ1v) is 6.53. The first-order valence-electron chi connectivity index (χ1n) is 6.12. The molecule has 0 aliphatic heterocycles. The van der Waals surface area contributed by atoms with Crippen molar-refractivity contribution in [3.63, 3.8) is 0 Å². The van der Waals surface area contributed by atoms with Gasteiger partial charge < -0.3 is 15.5 Å². The Morgan fingerprint density at radius 1 is 1.25 bits per heavy atom. The Hall–Kier alpha value is -2.41. The average Bonchev–Trinajstić information content (AvgIpc) is 2.78. The third kappa shape index (κ3) is 2.35. The largest absolute Gasteiger partial charge is 0.492 e. The number of nitrogens with zero attached hydrogens (tertiary/aromatic N) is 3. The minimum absolute atomic E-state index is 0.392. The Labute approximate surface area is 120 Å². The van der Waals surface area contributed by atoms with Gasteiger partial charge in [0.25, 0.3) is 0 Å². The highest BCUT2D eigenvalue weighted by Crippen LogP contribution is 2.15. The number of anilines is 1. The van der Waals surface area contributed by atoms with Gasteiger partial charge in [-0.3, -0.25) is 4.57 Å². The lowest BCUT2D eigenvalue weighted by molar-refractivity contribution is 0.299. The van der Waals surface area contributed by atoms with Crippen LogP contribution in [0.5, 0.6) is 5.75 Å². The molecule has 0 aliphatic carbocycles. The maximum atomic E-state index is 5.78. The van der Waals surface area contributed by atoms with Crippen molar-refractivity contribution in [1.29, 1.82) is 0 Å². The first-order chi connectivity index (χ1) is 9.75. The lowest BCUT2D eigenvalue weighted by Gasteiger charge is -2.07. The molecule has 0 aliphatic rings. The molecule has 0 atom stereocenters. The molecule has 2 aromatic heterocycles. The number of hydrogen-bond acceptors (Lipinski definition) is 5. The van der Waals surface area contributed by atoms with Crippen molar-refractivity contribution in [3.8, 4) is 5.75 Å². The molecule has 0 fully saturated rings. The van der Waals surface area contributed by atoms with Gasteiger partial charge in [0.15, 0.2) is 16.2 Å². The molecule has 0 saturated carbocycles. The number of H-pyrrole nitrogens is 1. The summed E-state index contributed by atoms with van der Waals surface area (Å²) in [5.74, 6) is 1.22. The fourth-order valence-electron chi connectivity index (χ4n) is 1.96. The number of nitrogen functional groups attached to an aromatic ring is 1. The number of ether oxygens (including phenoxy) is 1. The summed E-state index contributed by atoms with van der Waals surface area (Å²) in [6.07, 6.45) is 1.43. The van der Waals surface area contributed by atoms with E-state index >= 15 is 0 Å². The van der Waals surface area contributed by atoms with Crippen LogP contribution in [-0.2, 0) is 6.54 Å². The summed E-state index contributed by atoms with van der Waals surface area (Å²) < 4.78 is 8.07. The van der Waals surface area contributed by atoms with E-state index in [4.69, 9.17) is 22.7 Å². The molecule has 3 N–H and O–H groups in total. The molecule has 0 radical (unpaired) electrons. The van der Waals surface area contributed by atoms with Gasteiger partial charge in [-0.25, -0.2) is 9.97 Å². The predicted molar refractivity (Wildman–Crippen MR) is 79.1 cm³/mol. The molecule has 3 rings (SSSR count). The Bertz CT molecular complexity index is 780. The number of nitrogens with one attached hydrogen (secondary N) is 1. The number of aromatic amines is 1. The van der Waals surface area contributed by atoms with E-state index in [1.807, 2.05) is 34.9 Å². The van der Waals surface area contributed by atoms with E-state index in [0.717, 1.165) is 5.75 Å². The van der Waals surface area contributed by atoms with Gasteiger partial charge >= 0.3 is 0 Å². The minimum atomic E-state index is 0.392. The Kier molecular flexibility index (Phi) is 3.34. The topological polar surface area (TPSA) is 81.8 Å². The lowest BCUT2D eigenvalue weighted by atomic mass is 10.3. The number of aromatic nitrogens is 4. The zero-order chi connectivity index (χ0) is 13.9. The molecule has 20 heavy (non-hydrogen) atoms. The van der Waals surface area contributed by atoms with Gasteiger partial charge in [0, 0.05) is 0 Å². The summed E-state index contributed by atoms with van der Waals surface area (Å²) in [6, 6.07) is 9.63. The second-order valence-corrected chi connectivity index (χ2v) is 4.59. The number of nitrogens with two attached hydrogens (primary N) is 1. The Morgan fingerprint density at radius 3 is 2.85 bits per heavy atom. The van der Waals surface area contributed by atoms with Gasteiger partial charge in [-0.2, -0.15) is 0 Å². The summed E-state index contributed by atoms with van der Waals surface area (Å²) in [5.41, 5.74) is 7.14. The summed E-state index contributed by atoms with van der Waals surface area (Å²) >= 11 is 5.27. The quantitative estimate of drug-likeness (QED) is 0.719. The van der Waals surface area contributed by atoms with Gasteiger partial charge in [-0.05, 0) is 24.4 Å². The van der Waals surface area contributed by atoms with E-state index in [1.165, 1.54) is 6.33 Å². The molecule has 2 heterocycles. The molecule has 102 valence electrons. The monoisotopic (exact) mass is 287 g/mol. The number of rotatable bonds is 4. The van der Waals surface area contributed by atoms with E-state index in [-0.39, 0.29) is 0 Å². The third-order valence-electron chi connectivity index (χ3n) is 2.92. The number of para-hydroxylation sites is 1. The SMILES string of the molecule is Nc1ncnc2c1[nH]c(=S)n2CCOc1ccccc1. The van der Waals surface area contributed by atoms with Gasteiger partial charge in [0.2, 0.25) is 0 Å². The second-order valence-electron chi connectivity index (χ2n) is 4.20. The van der Waals surface area contributed by atoms with E-state index in [1.54, 1.807) is 0 Å². The smallest absolute Gasteiger partial charge is 0.179 e. The summed E-state index contributed by atoms with van der Waals surface area (Å²) in [6.45, 7) is 1.08. The molecule has 3 aromatic rings. The van der Waals surface area contributed by atoms with Crippen LogP contribution in [0.25, 0.3) is 11.2 Å². The summed E-state index contributed by atoms with van der Waals surface area (Å²) in [7, 11) is 0. The highest BCUT2D eigenvalue weighted by molar-refractivity contribution is 7.71. The maximum Gasteiger partial charge on any atom is 0.179 e. The summed E-state index contributed by atoms with van der Waals surface area (Å²) in [5, 5.41) is 0. The van der Waals surface area contributed by atoms with Crippen molar-refractivity contribution in [2.45, 2.75) is 6.54 Å². The van der Waals surface area contributed by atoms with Crippen LogP contribution in [0.2, 0.25) is 0 Å². The van der Waals surface area contributed by atoms with Crippen LogP contribution in [0.1, 0.15) is 0 Å². The number of benzene rings is 1. The third-order valence-corrected chi connectivity index (χ3v) is 3.24. The normalized spacial score (nSPS) is 10.8. The molecular weight excluding hydrogens is 274 g/mol. The molecule has 0 saturated heterocycles. The fraction of sp³-hybridized carbons (Fsp3) is 0.154. The predicted octanol–water partition coefficient (Wildman–Crippen LogP) is 2.15. The van der Waals surface area contributed by atoms with Crippen LogP contribution in [0.4, 0.5) is 5.82 Å². The van der Waals surface area contributed by atoms with Gasteiger partial charge in [0.1, 0.15) is 24.2 Å².